The zero-order valence-electron chi connectivity index (χ0n) is 14.2. The molecular weight excluding hydrogens is 262 g/mol. The first-order valence-electron chi connectivity index (χ1n) is 7.44. The topological polar surface area (TPSA) is 35.6 Å². The Morgan fingerprint density at radius 2 is 1.67 bits per heavy atom. The van der Waals surface area contributed by atoms with Crippen molar-refractivity contribution in [2.45, 2.75) is 39.3 Å². The third-order valence-electron chi connectivity index (χ3n) is 3.29. The first kappa shape index (κ1) is 17.5. The maximum Gasteiger partial charge on any atom is 0.223 e. The van der Waals surface area contributed by atoms with Crippen molar-refractivity contribution in [1.82, 2.24) is 10.2 Å². The third-order valence-corrected chi connectivity index (χ3v) is 3.29. The van der Waals surface area contributed by atoms with Gasteiger partial charge in [-0.25, -0.2) is 0 Å². The van der Waals surface area contributed by atoms with E-state index >= 15 is 0 Å². The number of nitrogens with zero attached hydrogens (tertiary/aromatic N) is 2. The molecule has 1 aromatic carbocycles. The molecular formula is C17H29N3O. The zero-order chi connectivity index (χ0) is 16.0. The standard InChI is InChI=1S/C17H29N3O/c1-17(2,3)18-12-11-16(21)20(6)13-14-7-9-15(10-8-14)19(4)5/h7-10,18H,11-13H2,1-6H3. The number of benzene rings is 1. The fourth-order valence-electron chi connectivity index (χ4n) is 2.00. The van der Waals surface area contributed by atoms with Gasteiger partial charge >= 0.3 is 0 Å². The molecule has 0 spiro atoms. The van der Waals surface area contributed by atoms with Crippen LogP contribution in [0.5, 0.6) is 0 Å². The lowest BCUT2D eigenvalue weighted by Crippen LogP contribution is -2.38. The fraction of sp³-hybridized carbons (Fsp3) is 0.588. The van der Waals surface area contributed by atoms with Crippen LogP contribution in [0.25, 0.3) is 0 Å². The van der Waals surface area contributed by atoms with Crippen molar-refractivity contribution in [2.24, 2.45) is 0 Å². The van der Waals surface area contributed by atoms with Crippen LogP contribution < -0.4 is 10.2 Å². The average Bonchev–Trinajstić information content (AvgIpc) is 2.37. The molecule has 4 heteroatoms. The summed E-state index contributed by atoms with van der Waals surface area (Å²) >= 11 is 0. The molecule has 1 rings (SSSR count). The molecule has 0 aliphatic rings. The molecule has 0 aliphatic carbocycles. The SMILES string of the molecule is CN(Cc1ccc(N(C)C)cc1)C(=O)CCNC(C)(C)C. The van der Waals surface area contributed by atoms with Crippen LogP contribution in [0.3, 0.4) is 0 Å². The average molecular weight is 291 g/mol. The van der Waals surface area contributed by atoms with Gasteiger partial charge in [-0.15, -0.1) is 0 Å². The summed E-state index contributed by atoms with van der Waals surface area (Å²) < 4.78 is 0. The first-order valence-corrected chi connectivity index (χ1v) is 7.44. The number of amides is 1. The molecule has 0 atom stereocenters. The minimum absolute atomic E-state index is 0.0564. The van der Waals surface area contributed by atoms with Crippen LogP contribution in [0.2, 0.25) is 0 Å². The molecule has 0 radical (unpaired) electrons. The second kappa shape index (κ2) is 7.46. The summed E-state index contributed by atoms with van der Waals surface area (Å²) in [6, 6.07) is 8.31. The molecule has 0 heterocycles. The highest BCUT2D eigenvalue weighted by atomic mass is 16.2. The Labute approximate surface area is 129 Å². The number of carbonyl (C=O) groups is 1. The van der Waals surface area contributed by atoms with Crippen LogP contribution >= 0.6 is 0 Å². The van der Waals surface area contributed by atoms with E-state index < -0.39 is 0 Å². The van der Waals surface area contributed by atoms with Crippen molar-refractivity contribution in [1.29, 1.82) is 0 Å². The van der Waals surface area contributed by atoms with Gasteiger partial charge in [-0.2, -0.15) is 0 Å². The molecule has 0 saturated carbocycles. The molecule has 0 saturated heterocycles. The van der Waals surface area contributed by atoms with E-state index in [4.69, 9.17) is 0 Å². The summed E-state index contributed by atoms with van der Waals surface area (Å²) in [6.45, 7) is 7.68. The van der Waals surface area contributed by atoms with Gasteiger partial charge in [-0.1, -0.05) is 12.1 Å². The number of carbonyl (C=O) groups excluding carboxylic acids is 1. The number of hydrogen-bond acceptors (Lipinski definition) is 3. The van der Waals surface area contributed by atoms with E-state index in [1.54, 1.807) is 4.90 Å². The number of anilines is 1. The van der Waals surface area contributed by atoms with Crippen LogP contribution in [0.1, 0.15) is 32.8 Å². The summed E-state index contributed by atoms with van der Waals surface area (Å²) in [4.78, 5) is 15.9. The largest absolute Gasteiger partial charge is 0.378 e. The summed E-state index contributed by atoms with van der Waals surface area (Å²) in [7, 11) is 5.90. The Kier molecular flexibility index (Phi) is 6.21. The Bertz CT molecular complexity index is 446. The molecule has 0 unspecified atom stereocenters. The fourth-order valence-corrected chi connectivity index (χ4v) is 2.00. The van der Waals surface area contributed by atoms with Gasteiger partial charge in [-0.3, -0.25) is 4.79 Å². The molecule has 21 heavy (non-hydrogen) atoms. The van der Waals surface area contributed by atoms with Crippen molar-refractivity contribution in [3.63, 3.8) is 0 Å². The van der Waals surface area contributed by atoms with Crippen molar-refractivity contribution in [2.75, 3.05) is 32.6 Å². The highest BCUT2D eigenvalue weighted by molar-refractivity contribution is 5.76. The van der Waals surface area contributed by atoms with Crippen molar-refractivity contribution in [3.8, 4) is 0 Å². The molecule has 0 fully saturated rings. The van der Waals surface area contributed by atoms with E-state index in [1.807, 2.05) is 21.1 Å². The van der Waals surface area contributed by atoms with Gasteiger partial charge in [0.05, 0.1) is 0 Å². The first-order chi connectivity index (χ1) is 9.69. The predicted octanol–water partition coefficient (Wildman–Crippen LogP) is 2.49. The van der Waals surface area contributed by atoms with Crippen LogP contribution in [-0.4, -0.2) is 44.0 Å². The van der Waals surface area contributed by atoms with Gasteiger partial charge < -0.3 is 15.1 Å². The van der Waals surface area contributed by atoms with Gasteiger partial charge in [0.15, 0.2) is 0 Å². The van der Waals surface area contributed by atoms with Gasteiger partial charge in [0.2, 0.25) is 5.91 Å². The smallest absolute Gasteiger partial charge is 0.223 e. The number of rotatable bonds is 6. The van der Waals surface area contributed by atoms with E-state index in [0.717, 1.165) is 5.56 Å². The highest BCUT2D eigenvalue weighted by Gasteiger charge is 2.12. The van der Waals surface area contributed by atoms with Crippen molar-refractivity contribution < 1.29 is 4.79 Å². The second-order valence-electron chi connectivity index (χ2n) is 6.74. The Morgan fingerprint density at radius 3 is 2.14 bits per heavy atom. The molecule has 4 nitrogen and oxygen atoms in total. The molecule has 0 bridgehead atoms. The van der Waals surface area contributed by atoms with Crippen LogP contribution in [-0.2, 0) is 11.3 Å². The van der Waals surface area contributed by atoms with E-state index in [2.05, 4.69) is 55.3 Å². The maximum absolute atomic E-state index is 12.1. The lowest BCUT2D eigenvalue weighted by Gasteiger charge is -2.22. The zero-order valence-corrected chi connectivity index (χ0v) is 14.2. The lowest BCUT2D eigenvalue weighted by atomic mass is 10.1. The van der Waals surface area contributed by atoms with Crippen LogP contribution in [0.15, 0.2) is 24.3 Å². The Hall–Kier alpha value is -1.55. The monoisotopic (exact) mass is 291 g/mol. The Morgan fingerprint density at radius 1 is 1.10 bits per heavy atom. The summed E-state index contributed by atoms with van der Waals surface area (Å²) in [5.74, 6) is 0.170. The normalized spacial score (nSPS) is 11.3. The minimum Gasteiger partial charge on any atom is -0.378 e. The van der Waals surface area contributed by atoms with Crippen molar-refractivity contribution >= 4 is 11.6 Å². The molecule has 1 aromatic rings. The van der Waals surface area contributed by atoms with Gasteiger partial charge in [0, 0.05) is 51.9 Å². The van der Waals surface area contributed by atoms with Crippen LogP contribution in [0.4, 0.5) is 5.69 Å². The highest BCUT2D eigenvalue weighted by Crippen LogP contribution is 2.13. The van der Waals surface area contributed by atoms with E-state index in [9.17, 15) is 4.79 Å². The number of nitrogens with one attached hydrogen (secondary N) is 1. The van der Waals surface area contributed by atoms with Gasteiger partial charge in [-0.05, 0) is 38.5 Å². The maximum atomic E-state index is 12.1. The second-order valence-corrected chi connectivity index (χ2v) is 6.74. The molecule has 1 amide bonds. The lowest BCUT2D eigenvalue weighted by molar-refractivity contribution is -0.130. The van der Waals surface area contributed by atoms with Crippen molar-refractivity contribution in [3.05, 3.63) is 29.8 Å². The molecule has 0 aromatic heterocycles. The molecule has 0 aliphatic heterocycles. The quantitative estimate of drug-likeness (QED) is 0.874. The predicted molar refractivity (Wildman–Crippen MR) is 89.6 cm³/mol. The van der Waals surface area contributed by atoms with Gasteiger partial charge in [0.1, 0.15) is 0 Å². The summed E-state index contributed by atoms with van der Waals surface area (Å²) in [5, 5.41) is 3.34. The van der Waals surface area contributed by atoms with E-state index in [0.29, 0.717) is 19.5 Å². The van der Waals surface area contributed by atoms with Crippen LogP contribution in [0, 0.1) is 0 Å². The summed E-state index contributed by atoms with van der Waals surface area (Å²) in [6.07, 6.45) is 0.531. The summed E-state index contributed by atoms with van der Waals surface area (Å²) in [5.41, 5.74) is 2.38. The van der Waals surface area contributed by atoms with E-state index in [1.165, 1.54) is 5.69 Å². The molecule has 1 N–H and O–H groups in total. The third kappa shape index (κ3) is 6.63. The molecule has 118 valence electrons. The minimum atomic E-state index is 0.0564. The number of hydrogen-bond donors (Lipinski definition) is 1. The van der Waals surface area contributed by atoms with E-state index in [-0.39, 0.29) is 11.4 Å². The van der Waals surface area contributed by atoms with Gasteiger partial charge in [0.25, 0.3) is 0 Å². The Balaban J connectivity index is 2.44.